The number of carbonyl (C=O) groups is 1. The zero-order valence-corrected chi connectivity index (χ0v) is 14.6. The minimum Gasteiger partial charge on any atom is -0.497 e. The topological polar surface area (TPSA) is 38.3 Å². The summed E-state index contributed by atoms with van der Waals surface area (Å²) in [4.78, 5) is 13.6. The van der Waals surface area contributed by atoms with Crippen molar-refractivity contribution in [2.24, 2.45) is 0 Å². The Bertz CT molecular complexity index is 613. The maximum absolute atomic E-state index is 12.5. The lowest BCUT2D eigenvalue weighted by Gasteiger charge is -2.20. The number of benzene rings is 2. The molecular formula is C19H23NO2S. The maximum Gasteiger partial charge on any atom is 0.233 e. The molecule has 2 rings (SSSR count). The number of ether oxygens (including phenoxy) is 1. The maximum atomic E-state index is 12.5. The van der Waals surface area contributed by atoms with Gasteiger partial charge in [0.15, 0.2) is 0 Å². The van der Waals surface area contributed by atoms with E-state index in [1.165, 1.54) is 0 Å². The third kappa shape index (κ3) is 5.03. The molecule has 0 unspecified atom stereocenters. The molecule has 122 valence electrons. The van der Waals surface area contributed by atoms with Gasteiger partial charge in [-0.1, -0.05) is 37.3 Å². The number of thioether (sulfide) groups is 1. The van der Waals surface area contributed by atoms with Gasteiger partial charge < -0.3 is 10.1 Å². The summed E-state index contributed by atoms with van der Waals surface area (Å²) in [6.07, 6.45) is 0.848. The fourth-order valence-electron chi connectivity index (χ4n) is 2.30. The zero-order valence-electron chi connectivity index (χ0n) is 13.8. The number of nitrogens with one attached hydrogen (secondary N) is 1. The van der Waals surface area contributed by atoms with Crippen molar-refractivity contribution in [1.82, 2.24) is 5.32 Å². The van der Waals surface area contributed by atoms with E-state index in [0.29, 0.717) is 0 Å². The Kier molecular flexibility index (Phi) is 6.53. The van der Waals surface area contributed by atoms with Crippen LogP contribution >= 0.6 is 11.8 Å². The first-order valence-corrected chi connectivity index (χ1v) is 8.68. The predicted octanol–water partition coefficient (Wildman–Crippen LogP) is 4.44. The van der Waals surface area contributed by atoms with Crippen LogP contribution in [0.15, 0.2) is 59.5 Å². The van der Waals surface area contributed by atoms with Crippen molar-refractivity contribution in [1.29, 1.82) is 0 Å². The molecule has 0 fully saturated rings. The molecule has 0 aliphatic carbocycles. The van der Waals surface area contributed by atoms with Crippen molar-refractivity contribution in [3.8, 4) is 5.75 Å². The molecule has 0 aliphatic rings. The average Bonchev–Trinajstić information content (AvgIpc) is 2.60. The highest BCUT2D eigenvalue weighted by Crippen LogP contribution is 2.25. The van der Waals surface area contributed by atoms with E-state index in [9.17, 15) is 4.79 Å². The monoisotopic (exact) mass is 329 g/mol. The van der Waals surface area contributed by atoms with E-state index in [1.54, 1.807) is 18.9 Å². The Morgan fingerprint density at radius 2 is 1.78 bits per heavy atom. The Labute approximate surface area is 142 Å². The minimum atomic E-state index is -0.135. The summed E-state index contributed by atoms with van der Waals surface area (Å²) in [6, 6.07) is 17.9. The quantitative estimate of drug-likeness (QED) is 0.763. The number of amides is 1. The molecule has 0 heterocycles. The number of rotatable bonds is 7. The molecule has 23 heavy (non-hydrogen) atoms. The lowest BCUT2D eigenvalue weighted by atomic mass is 10.0. The van der Waals surface area contributed by atoms with Crippen molar-refractivity contribution in [3.63, 3.8) is 0 Å². The van der Waals surface area contributed by atoms with E-state index in [0.717, 1.165) is 22.6 Å². The second kappa shape index (κ2) is 8.63. The van der Waals surface area contributed by atoms with Crippen molar-refractivity contribution >= 4 is 17.7 Å². The number of carbonyl (C=O) groups excluding carboxylic acids is 1. The molecule has 0 radical (unpaired) electrons. The van der Waals surface area contributed by atoms with Gasteiger partial charge in [0.1, 0.15) is 5.75 Å². The van der Waals surface area contributed by atoms with Gasteiger partial charge in [0.05, 0.1) is 18.4 Å². The van der Waals surface area contributed by atoms with Crippen LogP contribution < -0.4 is 10.1 Å². The molecular weight excluding hydrogens is 306 g/mol. The van der Waals surface area contributed by atoms with Crippen LogP contribution in [-0.2, 0) is 4.79 Å². The van der Waals surface area contributed by atoms with E-state index >= 15 is 0 Å². The third-order valence-electron chi connectivity index (χ3n) is 3.67. The fraction of sp³-hybridized carbons (Fsp3) is 0.316. The Morgan fingerprint density at radius 1 is 1.13 bits per heavy atom. The molecule has 4 heteroatoms. The third-order valence-corrected chi connectivity index (χ3v) is 4.78. The summed E-state index contributed by atoms with van der Waals surface area (Å²) < 4.78 is 5.18. The van der Waals surface area contributed by atoms with Gasteiger partial charge in [0, 0.05) is 4.90 Å². The standard InChI is InChI=1S/C19H23NO2S/c1-4-18(15-10-12-16(22-3)13-11-15)20-19(21)14(2)23-17-8-6-5-7-9-17/h5-14,18H,4H2,1-3H3,(H,20,21)/t14-,18+/m1/s1. The smallest absolute Gasteiger partial charge is 0.233 e. The van der Waals surface area contributed by atoms with E-state index in [-0.39, 0.29) is 17.2 Å². The Morgan fingerprint density at radius 3 is 2.35 bits per heavy atom. The van der Waals surface area contributed by atoms with Crippen molar-refractivity contribution in [2.45, 2.75) is 36.5 Å². The molecule has 2 aromatic carbocycles. The van der Waals surface area contributed by atoms with Crippen LogP contribution in [0.5, 0.6) is 5.75 Å². The van der Waals surface area contributed by atoms with Gasteiger partial charge in [-0.3, -0.25) is 4.79 Å². The van der Waals surface area contributed by atoms with Crippen LogP contribution in [0.2, 0.25) is 0 Å². The highest BCUT2D eigenvalue weighted by molar-refractivity contribution is 8.00. The van der Waals surface area contributed by atoms with Crippen LogP contribution in [0.4, 0.5) is 0 Å². The van der Waals surface area contributed by atoms with Crippen molar-refractivity contribution in [3.05, 3.63) is 60.2 Å². The minimum absolute atomic E-state index is 0.0206. The summed E-state index contributed by atoms with van der Waals surface area (Å²) in [5, 5.41) is 3.01. The van der Waals surface area contributed by atoms with Gasteiger partial charge >= 0.3 is 0 Å². The van der Waals surface area contributed by atoms with E-state index in [2.05, 4.69) is 12.2 Å². The molecule has 2 atom stereocenters. The first kappa shape index (κ1) is 17.4. The summed E-state index contributed by atoms with van der Waals surface area (Å²) in [6.45, 7) is 4.01. The molecule has 0 aliphatic heterocycles. The second-order valence-electron chi connectivity index (χ2n) is 5.32. The number of hydrogen-bond donors (Lipinski definition) is 1. The molecule has 0 aromatic heterocycles. The van der Waals surface area contributed by atoms with E-state index < -0.39 is 0 Å². The first-order chi connectivity index (χ1) is 11.1. The largest absolute Gasteiger partial charge is 0.497 e. The molecule has 2 aromatic rings. The van der Waals surface area contributed by atoms with Crippen molar-refractivity contribution < 1.29 is 9.53 Å². The molecule has 1 N–H and O–H groups in total. The molecule has 3 nitrogen and oxygen atoms in total. The first-order valence-electron chi connectivity index (χ1n) is 7.80. The van der Waals surface area contributed by atoms with Crippen molar-refractivity contribution in [2.75, 3.05) is 7.11 Å². The number of hydrogen-bond acceptors (Lipinski definition) is 3. The van der Waals surface area contributed by atoms with Crippen LogP contribution in [0.1, 0.15) is 31.9 Å². The average molecular weight is 329 g/mol. The van der Waals surface area contributed by atoms with Gasteiger partial charge in [-0.25, -0.2) is 0 Å². The van der Waals surface area contributed by atoms with E-state index in [4.69, 9.17) is 4.74 Å². The molecule has 0 bridgehead atoms. The summed E-state index contributed by atoms with van der Waals surface area (Å²) in [5.74, 6) is 0.879. The van der Waals surface area contributed by atoms with Crippen LogP contribution in [0.25, 0.3) is 0 Å². The molecule has 1 amide bonds. The highest BCUT2D eigenvalue weighted by Gasteiger charge is 2.18. The normalized spacial score (nSPS) is 13.2. The van der Waals surface area contributed by atoms with Gasteiger partial charge in [0.25, 0.3) is 0 Å². The SMILES string of the molecule is CC[C@H](NC(=O)[C@@H](C)Sc1ccccc1)c1ccc(OC)cc1. The van der Waals surface area contributed by atoms with Crippen LogP contribution in [0.3, 0.4) is 0 Å². The lowest BCUT2D eigenvalue weighted by molar-refractivity contribution is -0.121. The zero-order chi connectivity index (χ0) is 16.7. The fourth-order valence-corrected chi connectivity index (χ4v) is 3.20. The summed E-state index contributed by atoms with van der Waals surface area (Å²) in [5.41, 5.74) is 1.10. The molecule has 0 saturated carbocycles. The second-order valence-corrected chi connectivity index (χ2v) is 6.73. The molecule has 0 spiro atoms. The molecule has 0 saturated heterocycles. The van der Waals surface area contributed by atoms with Crippen LogP contribution in [0, 0.1) is 0 Å². The predicted molar refractivity (Wildman–Crippen MR) is 95.9 cm³/mol. The van der Waals surface area contributed by atoms with Gasteiger partial charge in [0.2, 0.25) is 5.91 Å². The van der Waals surface area contributed by atoms with E-state index in [1.807, 2.05) is 61.5 Å². The Balaban J connectivity index is 1.98. The highest BCUT2D eigenvalue weighted by atomic mass is 32.2. The Hall–Kier alpha value is -1.94. The van der Waals surface area contributed by atoms with Gasteiger partial charge in [-0.05, 0) is 43.2 Å². The van der Waals surface area contributed by atoms with Crippen LogP contribution in [-0.4, -0.2) is 18.3 Å². The number of methoxy groups -OCH3 is 1. The summed E-state index contributed by atoms with van der Waals surface area (Å²) in [7, 11) is 1.65. The summed E-state index contributed by atoms with van der Waals surface area (Å²) >= 11 is 1.57. The van der Waals surface area contributed by atoms with Gasteiger partial charge in [-0.2, -0.15) is 0 Å². The van der Waals surface area contributed by atoms with Gasteiger partial charge in [-0.15, -0.1) is 11.8 Å². The lowest BCUT2D eigenvalue weighted by Crippen LogP contribution is -2.34.